The lowest BCUT2D eigenvalue weighted by atomic mass is 9.99. The van der Waals surface area contributed by atoms with Gasteiger partial charge in [-0.05, 0) is 27.7 Å². The fraction of sp³-hybridized carbons (Fsp3) is 0.667. The summed E-state index contributed by atoms with van der Waals surface area (Å²) in [7, 11) is 1.64. The first-order valence-electron chi connectivity index (χ1n) is 9.37. The van der Waals surface area contributed by atoms with Gasteiger partial charge in [0, 0.05) is 19.1 Å². The second kappa shape index (κ2) is 8.18. The molecule has 1 N–H and O–H groups in total. The zero-order valence-corrected chi connectivity index (χ0v) is 16.7. The summed E-state index contributed by atoms with van der Waals surface area (Å²) in [5.74, 6) is -0.161. The van der Waals surface area contributed by atoms with Crippen molar-refractivity contribution in [2.24, 2.45) is 0 Å². The number of aryl methyl sites for hydroxylation is 2. The van der Waals surface area contributed by atoms with Crippen molar-refractivity contribution in [2.75, 3.05) is 13.7 Å². The molecule has 2 aromatic rings. The van der Waals surface area contributed by atoms with Crippen LogP contribution in [0.3, 0.4) is 0 Å². The molecule has 1 amide bonds. The zero-order valence-electron chi connectivity index (χ0n) is 16.7. The van der Waals surface area contributed by atoms with Gasteiger partial charge in [-0.2, -0.15) is 20.1 Å². The molecule has 0 spiro atoms. The van der Waals surface area contributed by atoms with E-state index in [1.807, 2.05) is 27.7 Å². The molecular weight excluding hydrogens is 348 g/mol. The molecule has 27 heavy (non-hydrogen) atoms. The van der Waals surface area contributed by atoms with Crippen LogP contribution in [0.2, 0.25) is 0 Å². The van der Waals surface area contributed by atoms with Gasteiger partial charge in [-0.25, -0.2) is 0 Å². The Morgan fingerprint density at radius 1 is 1.33 bits per heavy atom. The monoisotopic (exact) mass is 376 g/mol. The molecule has 0 bridgehead atoms. The van der Waals surface area contributed by atoms with E-state index in [0.29, 0.717) is 38.4 Å². The van der Waals surface area contributed by atoms with E-state index < -0.39 is 0 Å². The fourth-order valence-electron chi connectivity index (χ4n) is 3.41. The lowest BCUT2D eigenvalue weighted by Gasteiger charge is -2.24. The first kappa shape index (κ1) is 19.5. The van der Waals surface area contributed by atoms with Crippen molar-refractivity contribution in [1.29, 1.82) is 0 Å². The Balaban J connectivity index is 1.84. The van der Waals surface area contributed by atoms with Crippen molar-refractivity contribution >= 4 is 5.91 Å². The van der Waals surface area contributed by atoms with Gasteiger partial charge in [0.05, 0.1) is 49.8 Å². The molecule has 0 aromatic carbocycles. The normalized spacial score (nSPS) is 19.1. The summed E-state index contributed by atoms with van der Waals surface area (Å²) in [4.78, 5) is 14.7. The average molecular weight is 376 g/mol. The van der Waals surface area contributed by atoms with Gasteiger partial charge >= 0.3 is 0 Å². The van der Waals surface area contributed by atoms with Crippen LogP contribution in [0.5, 0.6) is 0 Å². The zero-order chi connectivity index (χ0) is 19.6. The van der Waals surface area contributed by atoms with Crippen LogP contribution in [0.4, 0.5) is 0 Å². The van der Waals surface area contributed by atoms with E-state index in [-0.39, 0.29) is 18.1 Å². The number of carbonyl (C=O) groups excluding carboxylic acids is 1. The summed E-state index contributed by atoms with van der Waals surface area (Å²) in [5, 5.41) is 16.3. The van der Waals surface area contributed by atoms with Crippen molar-refractivity contribution < 1.29 is 14.3 Å². The van der Waals surface area contributed by atoms with E-state index in [1.54, 1.807) is 16.6 Å². The molecule has 0 saturated carbocycles. The Morgan fingerprint density at radius 2 is 2.11 bits per heavy atom. The Hall–Kier alpha value is -2.26. The maximum atomic E-state index is 13.0. The Bertz CT molecular complexity index is 812. The molecule has 3 heterocycles. The van der Waals surface area contributed by atoms with Crippen LogP contribution in [-0.2, 0) is 35.5 Å². The van der Waals surface area contributed by atoms with Gasteiger partial charge in [0.2, 0.25) is 0 Å². The lowest BCUT2D eigenvalue weighted by molar-refractivity contribution is -0.00716. The Kier molecular flexibility index (Phi) is 5.91. The molecule has 9 heteroatoms. The number of aromatic nitrogens is 5. The van der Waals surface area contributed by atoms with Crippen LogP contribution < -0.4 is 5.32 Å². The Morgan fingerprint density at radius 3 is 2.78 bits per heavy atom. The molecule has 148 valence electrons. The van der Waals surface area contributed by atoms with Crippen molar-refractivity contribution in [1.82, 2.24) is 30.1 Å². The third-order valence-corrected chi connectivity index (χ3v) is 4.74. The van der Waals surface area contributed by atoms with Crippen LogP contribution >= 0.6 is 0 Å². The van der Waals surface area contributed by atoms with E-state index in [0.717, 1.165) is 22.6 Å². The third-order valence-electron chi connectivity index (χ3n) is 4.74. The predicted octanol–water partition coefficient (Wildman–Crippen LogP) is 1.40. The molecule has 3 rings (SSSR count). The van der Waals surface area contributed by atoms with Crippen molar-refractivity contribution in [3.63, 3.8) is 0 Å². The van der Waals surface area contributed by atoms with Gasteiger partial charge in [-0.15, -0.1) is 0 Å². The van der Waals surface area contributed by atoms with Gasteiger partial charge in [0.25, 0.3) is 5.91 Å². The molecule has 2 aromatic heterocycles. The number of ether oxygens (including phenoxy) is 2. The summed E-state index contributed by atoms with van der Waals surface area (Å²) in [5.41, 5.74) is 3.98. The molecule has 0 saturated heterocycles. The number of rotatable bonds is 7. The van der Waals surface area contributed by atoms with E-state index >= 15 is 0 Å². The highest BCUT2D eigenvalue weighted by Crippen LogP contribution is 2.31. The molecule has 0 aliphatic carbocycles. The molecule has 1 aliphatic rings. The number of methoxy groups -OCH3 is 1. The topological polar surface area (TPSA) is 96.1 Å². The second-order valence-electron chi connectivity index (χ2n) is 6.82. The first-order valence-corrected chi connectivity index (χ1v) is 9.37. The van der Waals surface area contributed by atoms with Crippen molar-refractivity contribution in [3.05, 3.63) is 28.3 Å². The highest BCUT2D eigenvalue weighted by Gasteiger charge is 2.32. The minimum atomic E-state index is -0.161. The van der Waals surface area contributed by atoms with Crippen LogP contribution in [0, 0.1) is 6.92 Å². The van der Waals surface area contributed by atoms with E-state index in [9.17, 15) is 4.79 Å². The van der Waals surface area contributed by atoms with E-state index in [4.69, 9.17) is 9.47 Å². The number of hydrogen-bond donors (Lipinski definition) is 1. The first-order chi connectivity index (χ1) is 12.9. The third kappa shape index (κ3) is 4.03. The smallest absolute Gasteiger partial charge is 0.270 e. The highest BCUT2D eigenvalue weighted by molar-refractivity contribution is 5.94. The van der Waals surface area contributed by atoms with Gasteiger partial charge in [-0.3, -0.25) is 9.48 Å². The average Bonchev–Trinajstić information content (AvgIpc) is 3.18. The number of nitrogens with zero attached hydrogens (tertiary/aromatic N) is 5. The molecule has 1 aliphatic heterocycles. The minimum Gasteiger partial charge on any atom is -0.383 e. The van der Waals surface area contributed by atoms with Gasteiger partial charge < -0.3 is 14.8 Å². The number of amides is 1. The van der Waals surface area contributed by atoms with E-state index in [1.165, 1.54) is 0 Å². The van der Waals surface area contributed by atoms with Crippen LogP contribution in [0.25, 0.3) is 0 Å². The van der Waals surface area contributed by atoms with Crippen LogP contribution in [0.15, 0.2) is 0 Å². The molecule has 9 nitrogen and oxygen atoms in total. The number of nitrogens with one attached hydrogen (secondary N) is 1. The molecular formula is C18H28N6O3. The van der Waals surface area contributed by atoms with Gasteiger partial charge in [-0.1, -0.05) is 0 Å². The maximum Gasteiger partial charge on any atom is 0.270 e. The Labute approximate surface area is 159 Å². The largest absolute Gasteiger partial charge is 0.383 e. The molecule has 0 fully saturated rings. The van der Waals surface area contributed by atoms with Crippen molar-refractivity contribution in [3.8, 4) is 0 Å². The summed E-state index contributed by atoms with van der Waals surface area (Å²) in [6, 6.07) is 0. The molecule has 2 atom stereocenters. The van der Waals surface area contributed by atoms with Crippen LogP contribution in [0.1, 0.15) is 60.0 Å². The lowest BCUT2D eigenvalue weighted by Crippen LogP contribution is -2.29. The molecule has 0 unspecified atom stereocenters. The summed E-state index contributed by atoms with van der Waals surface area (Å²) >= 11 is 0. The number of hydrogen-bond acceptors (Lipinski definition) is 6. The summed E-state index contributed by atoms with van der Waals surface area (Å²) in [6.07, 6.45) is 0.581. The summed E-state index contributed by atoms with van der Waals surface area (Å²) in [6.45, 7) is 9.88. The summed E-state index contributed by atoms with van der Waals surface area (Å²) < 4.78 is 12.8. The van der Waals surface area contributed by atoms with Crippen LogP contribution in [-0.4, -0.2) is 50.5 Å². The highest BCUT2D eigenvalue weighted by atomic mass is 16.5. The van der Waals surface area contributed by atoms with E-state index in [2.05, 4.69) is 20.6 Å². The number of fused-ring (bicyclic) bond motifs is 1. The molecule has 0 radical (unpaired) electrons. The quantitative estimate of drug-likeness (QED) is 0.785. The standard InChI is InChI=1S/C18H28N6O3/c1-6-24-20-12(3)15(21-24)10-19-18(25)17-14-9-11(2)27-13(4)16(14)22-23(17)7-8-26-5/h11,13H,6-10H2,1-5H3,(H,19,25)/t11-,13+/m1/s1. The predicted molar refractivity (Wildman–Crippen MR) is 98.4 cm³/mol. The maximum absolute atomic E-state index is 13.0. The second-order valence-corrected chi connectivity index (χ2v) is 6.82. The number of carbonyl (C=O) groups is 1. The van der Waals surface area contributed by atoms with Gasteiger partial charge in [0.15, 0.2) is 0 Å². The van der Waals surface area contributed by atoms with Crippen molar-refractivity contribution in [2.45, 2.75) is 66.0 Å². The SMILES string of the molecule is CCn1nc(C)c(CNC(=O)c2c3c(nn2CCOC)[C@H](C)O[C@H](C)C3)n1. The van der Waals surface area contributed by atoms with Gasteiger partial charge in [0.1, 0.15) is 11.4 Å². The fourth-order valence-corrected chi connectivity index (χ4v) is 3.41. The minimum absolute atomic E-state index is 0.0471.